The average molecular weight is 222 g/mol. The van der Waals surface area contributed by atoms with Gasteiger partial charge in [-0.05, 0) is 37.5 Å². The largest absolute Gasteiger partial charge is 0.399 e. The molecule has 3 heteroatoms. The molecule has 3 nitrogen and oxygen atoms in total. The number of anilines is 2. The quantitative estimate of drug-likeness (QED) is 0.491. The molecule has 0 aliphatic carbocycles. The van der Waals surface area contributed by atoms with Crippen molar-refractivity contribution < 1.29 is 5.11 Å². The molecule has 16 heavy (non-hydrogen) atoms. The maximum atomic E-state index is 8.64. The van der Waals surface area contributed by atoms with E-state index in [4.69, 9.17) is 10.8 Å². The number of hydrogen-bond donors (Lipinski definition) is 3. The molecule has 1 rings (SSSR count). The highest BCUT2D eigenvalue weighted by Gasteiger charge is 1.97. The number of aliphatic hydroxyl groups excluding tert-OH is 1. The normalized spacial score (nSPS) is 10.4. The molecular formula is C13H22N2O. The summed E-state index contributed by atoms with van der Waals surface area (Å²) in [5, 5.41) is 12.0. The van der Waals surface area contributed by atoms with Crippen LogP contribution in [0.3, 0.4) is 0 Å². The van der Waals surface area contributed by atoms with Gasteiger partial charge in [-0.3, -0.25) is 0 Å². The molecule has 0 bridgehead atoms. The van der Waals surface area contributed by atoms with Crippen LogP contribution >= 0.6 is 0 Å². The van der Waals surface area contributed by atoms with Crippen molar-refractivity contribution in [3.05, 3.63) is 23.8 Å². The van der Waals surface area contributed by atoms with Gasteiger partial charge >= 0.3 is 0 Å². The average Bonchev–Trinajstić information content (AvgIpc) is 2.28. The van der Waals surface area contributed by atoms with E-state index in [1.165, 1.54) is 5.56 Å². The van der Waals surface area contributed by atoms with Gasteiger partial charge in [-0.25, -0.2) is 0 Å². The van der Waals surface area contributed by atoms with Gasteiger partial charge in [0, 0.05) is 24.5 Å². The van der Waals surface area contributed by atoms with Crippen molar-refractivity contribution in [3.63, 3.8) is 0 Å². The van der Waals surface area contributed by atoms with E-state index < -0.39 is 0 Å². The van der Waals surface area contributed by atoms with Crippen molar-refractivity contribution in [1.82, 2.24) is 0 Å². The van der Waals surface area contributed by atoms with E-state index in [1.807, 2.05) is 18.2 Å². The third kappa shape index (κ3) is 4.53. The zero-order valence-electron chi connectivity index (χ0n) is 10.00. The number of hydrogen-bond acceptors (Lipinski definition) is 3. The summed E-state index contributed by atoms with van der Waals surface area (Å²) >= 11 is 0. The van der Waals surface area contributed by atoms with Crippen LogP contribution < -0.4 is 11.1 Å². The van der Waals surface area contributed by atoms with Crippen LogP contribution in [-0.2, 0) is 0 Å². The Bertz CT molecular complexity index is 313. The zero-order valence-corrected chi connectivity index (χ0v) is 10.00. The minimum atomic E-state index is 0.307. The molecule has 0 atom stereocenters. The van der Waals surface area contributed by atoms with Gasteiger partial charge in [-0.1, -0.05) is 18.9 Å². The number of nitrogens with one attached hydrogen (secondary N) is 1. The first-order valence-electron chi connectivity index (χ1n) is 5.95. The van der Waals surface area contributed by atoms with E-state index in [0.717, 1.165) is 43.6 Å². The summed E-state index contributed by atoms with van der Waals surface area (Å²) in [5.41, 5.74) is 8.88. The van der Waals surface area contributed by atoms with Gasteiger partial charge in [0.25, 0.3) is 0 Å². The smallest absolute Gasteiger partial charge is 0.0431 e. The van der Waals surface area contributed by atoms with Gasteiger partial charge in [0.05, 0.1) is 0 Å². The van der Waals surface area contributed by atoms with Crippen LogP contribution in [0, 0.1) is 6.92 Å². The predicted octanol–water partition coefficient (Wildman–Crippen LogP) is 2.54. The topological polar surface area (TPSA) is 58.3 Å². The summed E-state index contributed by atoms with van der Waals surface area (Å²) in [5.74, 6) is 0. The van der Waals surface area contributed by atoms with E-state index in [0.29, 0.717) is 6.61 Å². The summed E-state index contributed by atoms with van der Waals surface area (Å²) in [6, 6.07) is 5.92. The Labute approximate surface area is 97.7 Å². The zero-order chi connectivity index (χ0) is 11.8. The highest BCUT2D eigenvalue weighted by molar-refractivity contribution is 5.59. The van der Waals surface area contributed by atoms with Crippen molar-refractivity contribution in [2.45, 2.75) is 32.6 Å². The van der Waals surface area contributed by atoms with Crippen molar-refractivity contribution in [1.29, 1.82) is 0 Å². The number of nitrogen functional groups attached to an aromatic ring is 1. The molecule has 0 unspecified atom stereocenters. The molecule has 0 spiro atoms. The second-order valence-electron chi connectivity index (χ2n) is 4.14. The maximum Gasteiger partial charge on any atom is 0.0431 e. The van der Waals surface area contributed by atoms with Crippen LogP contribution in [0.1, 0.15) is 31.2 Å². The molecule has 0 saturated heterocycles. The van der Waals surface area contributed by atoms with Crippen molar-refractivity contribution >= 4 is 11.4 Å². The fourth-order valence-electron chi connectivity index (χ4n) is 1.64. The Hall–Kier alpha value is -1.22. The molecule has 0 fully saturated rings. The molecule has 1 aromatic carbocycles. The van der Waals surface area contributed by atoms with Crippen molar-refractivity contribution in [3.8, 4) is 0 Å². The van der Waals surface area contributed by atoms with Crippen molar-refractivity contribution in [2.75, 3.05) is 24.2 Å². The van der Waals surface area contributed by atoms with Gasteiger partial charge in [0.2, 0.25) is 0 Å². The first kappa shape index (κ1) is 12.8. The number of aliphatic hydroxyl groups is 1. The van der Waals surface area contributed by atoms with E-state index in [1.54, 1.807) is 0 Å². The monoisotopic (exact) mass is 222 g/mol. The first-order valence-corrected chi connectivity index (χ1v) is 5.95. The molecule has 4 N–H and O–H groups in total. The standard InChI is InChI=1S/C13H22N2O/c1-11-6-7-12(14)10-13(11)15-8-4-2-3-5-9-16/h6-7,10,15-16H,2-5,8-9,14H2,1H3. The van der Waals surface area contributed by atoms with E-state index >= 15 is 0 Å². The van der Waals surface area contributed by atoms with Gasteiger partial charge in [0.15, 0.2) is 0 Å². The molecule has 0 aliphatic rings. The van der Waals surface area contributed by atoms with Gasteiger partial charge < -0.3 is 16.2 Å². The maximum absolute atomic E-state index is 8.64. The van der Waals surface area contributed by atoms with Crippen molar-refractivity contribution in [2.24, 2.45) is 0 Å². The summed E-state index contributed by atoms with van der Waals surface area (Å²) in [7, 11) is 0. The first-order chi connectivity index (χ1) is 7.74. The van der Waals surface area contributed by atoms with Gasteiger partial charge in [-0.15, -0.1) is 0 Å². The Morgan fingerprint density at radius 3 is 2.69 bits per heavy atom. The Kier molecular flexibility index (Phi) is 5.72. The van der Waals surface area contributed by atoms with Gasteiger partial charge in [-0.2, -0.15) is 0 Å². The number of benzene rings is 1. The predicted molar refractivity (Wildman–Crippen MR) is 69.6 cm³/mol. The highest BCUT2D eigenvalue weighted by Crippen LogP contribution is 2.18. The second kappa shape index (κ2) is 7.12. The third-order valence-electron chi connectivity index (χ3n) is 2.66. The highest BCUT2D eigenvalue weighted by atomic mass is 16.2. The molecular weight excluding hydrogens is 200 g/mol. The summed E-state index contributed by atoms with van der Waals surface area (Å²) < 4.78 is 0. The van der Waals surface area contributed by atoms with Crippen LogP contribution in [0.25, 0.3) is 0 Å². The fourth-order valence-corrected chi connectivity index (χ4v) is 1.64. The third-order valence-corrected chi connectivity index (χ3v) is 2.66. The number of rotatable bonds is 7. The Balaban J connectivity index is 2.23. The lowest BCUT2D eigenvalue weighted by Gasteiger charge is -2.10. The van der Waals surface area contributed by atoms with Crippen LogP contribution in [-0.4, -0.2) is 18.3 Å². The van der Waals surface area contributed by atoms with Gasteiger partial charge in [0.1, 0.15) is 0 Å². The molecule has 90 valence electrons. The molecule has 0 saturated carbocycles. The molecule has 0 amide bonds. The lowest BCUT2D eigenvalue weighted by molar-refractivity contribution is 0.283. The molecule has 0 heterocycles. The molecule has 1 aromatic rings. The lowest BCUT2D eigenvalue weighted by Crippen LogP contribution is -2.03. The Morgan fingerprint density at radius 2 is 1.94 bits per heavy atom. The van der Waals surface area contributed by atoms with Crippen LogP contribution in [0.15, 0.2) is 18.2 Å². The lowest BCUT2D eigenvalue weighted by atomic mass is 10.1. The molecule has 0 aliphatic heterocycles. The fraction of sp³-hybridized carbons (Fsp3) is 0.538. The molecule has 0 radical (unpaired) electrons. The summed E-state index contributed by atoms with van der Waals surface area (Å²) in [6.07, 6.45) is 4.31. The summed E-state index contributed by atoms with van der Waals surface area (Å²) in [6.45, 7) is 3.35. The minimum absolute atomic E-state index is 0.307. The summed E-state index contributed by atoms with van der Waals surface area (Å²) in [4.78, 5) is 0. The van der Waals surface area contributed by atoms with E-state index in [2.05, 4.69) is 12.2 Å². The second-order valence-corrected chi connectivity index (χ2v) is 4.14. The Morgan fingerprint density at radius 1 is 1.19 bits per heavy atom. The molecule has 0 aromatic heterocycles. The van der Waals surface area contributed by atoms with Crippen LogP contribution in [0.4, 0.5) is 11.4 Å². The minimum Gasteiger partial charge on any atom is -0.399 e. The SMILES string of the molecule is Cc1ccc(N)cc1NCCCCCCO. The van der Waals surface area contributed by atoms with Crippen LogP contribution in [0.2, 0.25) is 0 Å². The number of aryl methyl sites for hydroxylation is 1. The number of nitrogens with two attached hydrogens (primary N) is 1. The van der Waals surface area contributed by atoms with Crippen LogP contribution in [0.5, 0.6) is 0 Å². The van der Waals surface area contributed by atoms with E-state index in [9.17, 15) is 0 Å². The van der Waals surface area contributed by atoms with E-state index in [-0.39, 0.29) is 0 Å². The number of unbranched alkanes of at least 4 members (excludes halogenated alkanes) is 3.